The van der Waals surface area contributed by atoms with E-state index >= 15 is 0 Å². The maximum Gasteiger partial charge on any atom is 0.348 e. The smallest absolute Gasteiger partial charge is 0.348 e. The number of rotatable bonds is 2. The van der Waals surface area contributed by atoms with Crippen molar-refractivity contribution in [1.29, 1.82) is 0 Å². The predicted octanol–water partition coefficient (Wildman–Crippen LogP) is 4.44. The molecule has 0 radical (unpaired) electrons. The molecule has 0 fully saturated rings. The number of nitrogens with zero attached hydrogens (tertiary/aromatic N) is 2. The van der Waals surface area contributed by atoms with Crippen LogP contribution >= 0.6 is 27.3 Å². The molecule has 0 spiro atoms. The SMILES string of the molecule is O=C(O)c1sc2nccc3c2c1N(c1cccc(Br)c1)C(=O)N3. The second-order valence-electron chi connectivity index (χ2n) is 4.87. The van der Waals surface area contributed by atoms with Crippen LogP contribution in [0.15, 0.2) is 41.0 Å². The Bertz CT molecular complexity index is 985. The van der Waals surface area contributed by atoms with Gasteiger partial charge in [0, 0.05) is 10.7 Å². The minimum Gasteiger partial charge on any atom is -0.477 e. The van der Waals surface area contributed by atoms with Crippen molar-refractivity contribution in [3.63, 3.8) is 0 Å². The van der Waals surface area contributed by atoms with Gasteiger partial charge >= 0.3 is 12.0 Å². The molecule has 6 nitrogen and oxygen atoms in total. The number of anilines is 3. The van der Waals surface area contributed by atoms with E-state index in [1.54, 1.807) is 30.5 Å². The highest BCUT2D eigenvalue weighted by Gasteiger charge is 2.34. The predicted molar refractivity (Wildman–Crippen MR) is 91.9 cm³/mol. The molecular formula is C15H8BrN3O3S. The first-order valence-corrected chi connectivity index (χ1v) is 8.18. The number of carbonyl (C=O) groups is 2. The number of carbonyl (C=O) groups excluding carboxylic acids is 1. The summed E-state index contributed by atoms with van der Waals surface area (Å²) < 4.78 is 0.795. The monoisotopic (exact) mass is 389 g/mol. The van der Waals surface area contributed by atoms with E-state index in [4.69, 9.17) is 0 Å². The molecule has 2 N–H and O–H groups in total. The van der Waals surface area contributed by atoms with E-state index in [9.17, 15) is 14.7 Å². The quantitative estimate of drug-likeness (QED) is 0.678. The Morgan fingerprint density at radius 1 is 1.35 bits per heavy atom. The molecule has 1 aromatic carbocycles. The van der Waals surface area contributed by atoms with Crippen LogP contribution in [-0.2, 0) is 0 Å². The Morgan fingerprint density at radius 3 is 2.91 bits per heavy atom. The number of pyridine rings is 1. The first-order valence-electron chi connectivity index (χ1n) is 6.58. The van der Waals surface area contributed by atoms with Crippen LogP contribution in [0.25, 0.3) is 10.2 Å². The zero-order chi connectivity index (χ0) is 16.1. The Kier molecular flexibility index (Phi) is 3.10. The first-order chi connectivity index (χ1) is 11.1. The van der Waals surface area contributed by atoms with Crippen LogP contribution in [0.5, 0.6) is 0 Å². The molecule has 2 aromatic heterocycles. The number of benzene rings is 1. The summed E-state index contributed by atoms with van der Waals surface area (Å²) in [6.45, 7) is 0. The number of hydrogen-bond acceptors (Lipinski definition) is 4. The van der Waals surface area contributed by atoms with Gasteiger partial charge in [-0.3, -0.25) is 4.90 Å². The van der Waals surface area contributed by atoms with Gasteiger partial charge in [-0.05, 0) is 24.3 Å². The van der Waals surface area contributed by atoms with E-state index in [1.807, 2.05) is 6.07 Å². The van der Waals surface area contributed by atoms with Gasteiger partial charge in [0.2, 0.25) is 0 Å². The van der Waals surface area contributed by atoms with Crippen molar-refractivity contribution < 1.29 is 14.7 Å². The number of aromatic nitrogens is 1. The lowest BCUT2D eigenvalue weighted by molar-refractivity contribution is 0.0703. The molecule has 4 rings (SSSR count). The van der Waals surface area contributed by atoms with Crippen LogP contribution in [0.1, 0.15) is 9.67 Å². The second-order valence-corrected chi connectivity index (χ2v) is 6.78. The van der Waals surface area contributed by atoms with Crippen LogP contribution in [0.2, 0.25) is 0 Å². The van der Waals surface area contributed by atoms with Crippen molar-refractivity contribution in [3.8, 4) is 0 Å². The van der Waals surface area contributed by atoms with Crippen molar-refractivity contribution in [3.05, 3.63) is 45.9 Å². The number of urea groups is 1. The van der Waals surface area contributed by atoms with Gasteiger partial charge in [0.1, 0.15) is 9.71 Å². The zero-order valence-corrected chi connectivity index (χ0v) is 13.8. The fraction of sp³-hybridized carbons (Fsp3) is 0. The molecule has 0 saturated heterocycles. The molecule has 0 bridgehead atoms. The summed E-state index contributed by atoms with van der Waals surface area (Å²) in [5.74, 6) is -1.08. The molecule has 2 amide bonds. The van der Waals surface area contributed by atoms with Crippen LogP contribution < -0.4 is 10.2 Å². The van der Waals surface area contributed by atoms with Crippen LogP contribution in [0.3, 0.4) is 0 Å². The van der Waals surface area contributed by atoms with Crippen molar-refractivity contribution in [2.75, 3.05) is 10.2 Å². The van der Waals surface area contributed by atoms with Gasteiger partial charge in [-0.1, -0.05) is 22.0 Å². The van der Waals surface area contributed by atoms with E-state index in [0.29, 0.717) is 27.3 Å². The van der Waals surface area contributed by atoms with Gasteiger partial charge in [0.15, 0.2) is 0 Å². The lowest BCUT2D eigenvalue weighted by Gasteiger charge is -2.28. The number of halogens is 1. The first kappa shape index (κ1) is 14.2. The van der Waals surface area contributed by atoms with Gasteiger partial charge in [0.25, 0.3) is 0 Å². The fourth-order valence-corrected chi connectivity index (χ4v) is 3.98. The van der Waals surface area contributed by atoms with Gasteiger partial charge in [-0.25, -0.2) is 14.6 Å². The average Bonchev–Trinajstić information content (AvgIpc) is 2.89. The molecule has 23 heavy (non-hydrogen) atoms. The van der Waals surface area contributed by atoms with E-state index < -0.39 is 12.0 Å². The maximum atomic E-state index is 12.6. The number of carboxylic acid groups (broad SMARTS) is 1. The number of carboxylic acids is 1. The van der Waals surface area contributed by atoms with Gasteiger partial charge in [0.05, 0.1) is 22.4 Å². The third-order valence-corrected chi connectivity index (χ3v) is 5.06. The maximum absolute atomic E-state index is 12.6. The standard InChI is InChI=1S/C15H8BrN3O3S/c16-7-2-1-3-8(6-7)19-11-10-9(18-15(19)22)4-5-17-13(10)23-12(11)14(20)21/h1-6H,(H,18,22)(H,20,21). The molecule has 8 heteroatoms. The summed E-state index contributed by atoms with van der Waals surface area (Å²) in [5.41, 5.74) is 1.51. The number of amides is 2. The van der Waals surface area contributed by atoms with Gasteiger partial charge in [-0.15, -0.1) is 11.3 Å². The minimum atomic E-state index is -1.08. The lowest BCUT2D eigenvalue weighted by Crippen LogP contribution is -2.34. The van der Waals surface area contributed by atoms with E-state index in [2.05, 4.69) is 26.2 Å². The van der Waals surface area contributed by atoms with Crippen molar-refractivity contribution in [2.45, 2.75) is 0 Å². The zero-order valence-electron chi connectivity index (χ0n) is 11.4. The van der Waals surface area contributed by atoms with E-state index in [-0.39, 0.29) is 4.88 Å². The Balaban J connectivity index is 2.07. The number of nitrogens with one attached hydrogen (secondary N) is 1. The van der Waals surface area contributed by atoms with Gasteiger partial charge < -0.3 is 10.4 Å². The molecule has 0 unspecified atom stereocenters. The van der Waals surface area contributed by atoms with E-state index in [0.717, 1.165) is 15.8 Å². The molecule has 0 aliphatic carbocycles. The van der Waals surface area contributed by atoms with Gasteiger partial charge in [-0.2, -0.15) is 0 Å². The minimum absolute atomic E-state index is 0.0924. The largest absolute Gasteiger partial charge is 0.477 e. The highest BCUT2D eigenvalue weighted by molar-refractivity contribution is 9.10. The average molecular weight is 390 g/mol. The molecule has 114 valence electrons. The molecule has 1 aliphatic heterocycles. The number of aromatic carboxylic acids is 1. The second kappa shape index (κ2) is 5.04. The summed E-state index contributed by atoms with van der Waals surface area (Å²) in [6.07, 6.45) is 1.55. The normalized spacial score (nSPS) is 13.3. The summed E-state index contributed by atoms with van der Waals surface area (Å²) in [6, 6.07) is 8.40. The van der Waals surface area contributed by atoms with Crippen molar-refractivity contribution in [2.24, 2.45) is 0 Å². The third kappa shape index (κ3) is 2.10. The fourth-order valence-electron chi connectivity index (χ4n) is 2.60. The van der Waals surface area contributed by atoms with E-state index in [1.165, 1.54) is 4.90 Å². The molecule has 3 heterocycles. The number of thiophene rings is 1. The number of hydrogen-bond donors (Lipinski definition) is 2. The van der Waals surface area contributed by atoms with Crippen molar-refractivity contribution in [1.82, 2.24) is 4.98 Å². The molecular weight excluding hydrogens is 382 g/mol. The Labute approximate surface area is 142 Å². The van der Waals surface area contributed by atoms with Crippen molar-refractivity contribution >= 4 is 66.5 Å². The van der Waals surface area contributed by atoms with Crippen LogP contribution in [0.4, 0.5) is 21.9 Å². The molecule has 1 aliphatic rings. The Hall–Kier alpha value is -2.45. The molecule has 0 saturated carbocycles. The summed E-state index contributed by atoms with van der Waals surface area (Å²) in [7, 11) is 0. The Morgan fingerprint density at radius 2 is 2.17 bits per heavy atom. The summed E-state index contributed by atoms with van der Waals surface area (Å²) >= 11 is 4.43. The highest BCUT2D eigenvalue weighted by atomic mass is 79.9. The summed E-state index contributed by atoms with van der Waals surface area (Å²) in [4.78, 5) is 30.5. The molecule has 3 aromatic rings. The van der Waals surface area contributed by atoms with Crippen LogP contribution in [0, 0.1) is 0 Å². The third-order valence-electron chi connectivity index (χ3n) is 3.50. The summed E-state index contributed by atoms with van der Waals surface area (Å²) in [5, 5.41) is 13.0. The lowest BCUT2D eigenvalue weighted by atomic mass is 10.1. The molecule has 0 atom stereocenters. The highest BCUT2D eigenvalue weighted by Crippen LogP contribution is 2.46. The topological polar surface area (TPSA) is 82.5 Å². The van der Waals surface area contributed by atoms with Crippen LogP contribution in [-0.4, -0.2) is 22.1 Å².